The molecule has 4 heteroatoms. The molecule has 3 nitrogen and oxygen atoms in total. The number of hydrogen-bond donors (Lipinski definition) is 2. The molecule has 1 amide bonds. The molecule has 0 aromatic heterocycles. The number of rotatable bonds is 4. The van der Waals surface area contributed by atoms with E-state index in [0.29, 0.717) is 23.9 Å². The average molecular weight is 264 g/mol. The second-order valence-corrected chi connectivity index (χ2v) is 5.29. The molecule has 0 radical (unpaired) electrons. The van der Waals surface area contributed by atoms with Gasteiger partial charge >= 0.3 is 0 Å². The van der Waals surface area contributed by atoms with Crippen LogP contribution in [0.15, 0.2) is 18.2 Å². The molecule has 2 N–H and O–H groups in total. The Morgan fingerprint density at radius 1 is 1.42 bits per heavy atom. The van der Waals surface area contributed by atoms with Crippen molar-refractivity contribution < 1.29 is 9.18 Å². The summed E-state index contributed by atoms with van der Waals surface area (Å²) in [6.07, 6.45) is 3.65. The number of carbonyl (C=O) groups is 1. The molecule has 2 unspecified atom stereocenters. The van der Waals surface area contributed by atoms with Gasteiger partial charge in [-0.2, -0.15) is 0 Å². The summed E-state index contributed by atoms with van der Waals surface area (Å²) in [6.45, 7) is 2.91. The summed E-state index contributed by atoms with van der Waals surface area (Å²) < 4.78 is 13.6. The van der Waals surface area contributed by atoms with E-state index in [1.165, 1.54) is 25.3 Å². The quantitative estimate of drug-likeness (QED) is 0.877. The fourth-order valence-corrected chi connectivity index (χ4v) is 2.81. The van der Waals surface area contributed by atoms with E-state index in [0.717, 1.165) is 0 Å². The third kappa shape index (κ3) is 3.06. The molecule has 2 rings (SSSR count). The number of carbonyl (C=O) groups excluding carboxylic acids is 1. The highest BCUT2D eigenvalue weighted by Crippen LogP contribution is 2.30. The van der Waals surface area contributed by atoms with Crippen LogP contribution in [-0.2, 0) is 0 Å². The Morgan fingerprint density at radius 3 is 2.84 bits per heavy atom. The Labute approximate surface area is 113 Å². The van der Waals surface area contributed by atoms with Crippen LogP contribution in [0.1, 0.15) is 36.5 Å². The first-order valence-corrected chi connectivity index (χ1v) is 6.88. The first-order chi connectivity index (χ1) is 9.13. The SMILES string of the molecule is CNc1c(F)cccc1C(=O)NCC1CCCC1C. The van der Waals surface area contributed by atoms with Gasteiger partial charge in [-0.3, -0.25) is 4.79 Å². The van der Waals surface area contributed by atoms with Crippen molar-refractivity contribution in [1.29, 1.82) is 0 Å². The van der Waals surface area contributed by atoms with Crippen LogP contribution >= 0.6 is 0 Å². The smallest absolute Gasteiger partial charge is 0.253 e. The maximum absolute atomic E-state index is 13.6. The van der Waals surface area contributed by atoms with Gasteiger partial charge in [0.1, 0.15) is 5.82 Å². The Kier molecular flexibility index (Phi) is 4.40. The van der Waals surface area contributed by atoms with Crippen molar-refractivity contribution in [3.05, 3.63) is 29.6 Å². The van der Waals surface area contributed by atoms with Crippen LogP contribution < -0.4 is 10.6 Å². The molecule has 1 aromatic carbocycles. The number of anilines is 1. The van der Waals surface area contributed by atoms with Gasteiger partial charge in [0.25, 0.3) is 5.91 Å². The maximum Gasteiger partial charge on any atom is 0.253 e. The highest BCUT2D eigenvalue weighted by atomic mass is 19.1. The summed E-state index contributed by atoms with van der Waals surface area (Å²) in [4.78, 5) is 12.1. The standard InChI is InChI=1S/C15H21FN2O/c1-10-5-3-6-11(10)9-18-15(19)12-7-4-8-13(16)14(12)17-2/h4,7-8,10-11,17H,3,5-6,9H2,1-2H3,(H,18,19). The summed E-state index contributed by atoms with van der Waals surface area (Å²) in [5, 5.41) is 5.67. The maximum atomic E-state index is 13.6. The minimum Gasteiger partial charge on any atom is -0.385 e. The van der Waals surface area contributed by atoms with Gasteiger partial charge in [-0.15, -0.1) is 0 Å². The largest absolute Gasteiger partial charge is 0.385 e. The molecular formula is C15H21FN2O. The van der Waals surface area contributed by atoms with Gasteiger partial charge in [-0.25, -0.2) is 4.39 Å². The molecule has 1 fully saturated rings. The van der Waals surface area contributed by atoms with Crippen LogP contribution in [0.25, 0.3) is 0 Å². The predicted molar refractivity (Wildman–Crippen MR) is 74.8 cm³/mol. The molecule has 0 bridgehead atoms. The van der Waals surface area contributed by atoms with Crippen LogP contribution in [0, 0.1) is 17.7 Å². The molecular weight excluding hydrogens is 243 g/mol. The molecule has 0 heterocycles. The highest BCUT2D eigenvalue weighted by Gasteiger charge is 2.24. The predicted octanol–water partition coefficient (Wildman–Crippen LogP) is 3.03. The second kappa shape index (κ2) is 6.04. The fraction of sp³-hybridized carbons (Fsp3) is 0.533. The lowest BCUT2D eigenvalue weighted by Gasteiger charge is -2.17. The number of hydrogen-bond acceptors (Lipinski definition) is 2. The summed E-state index contributed by atoms with van der Waals surface area (Å²) in [6, 6.07) is 4.55. The van der Waals surface area contributed by atoms with Crippen molar-refractivity contribution in [2.24, 2.45) is 11.8 Å². The number of para-hydroxylation sites is 1. The number of benzene rings is 1. The van der Waals surface area contributed by atoms with Crippen LogP contribution in [-0.4, -0.2) is 19.5 Å². The molecule has 1 saturated carbocycles. The summed E-state index contributed by atoms with van der Waals surface area (Å²) >= 11 is 0. The van der Waals surface area contributed by atoms with Crippen LogP contribution in [0.2, 0.25) is 0 Å². The molecule has 1 aromatic rings. The van der Waals surface area contributed by atoms with E-state index in [1.54, 1.807) is 19.2 Å². The summed E-state index contributed by atoms with van der Waals surface area (Å²) in [5.41, 5.74) is 0.632. The average Bonchev–Trinajstić information content (AvgIpc) is 2.81. The summed E-state index contributed by atoms with van der Waals surface area (Å²) in [5.74, 6) is 0.611. The Bertz CT molecular complexity index is 461. The molecule has 19 heavy (non-hydrogen) atoms. The monoisotopic (exact) mass is 264 g/mol. The summed E-state index contributed by atoms with van der Waals surface area (Å²) in [7, 11) is 1.62. The van der Waals surface area contributed by atoms with Gasteiger partial charge in [0.2, 0.25) is 0 Å². The molecule has 0 spiro atoms. The first-order valence-electron chi connectivity index (χ1n) is 6.88. The van der Waals surface area contributed by atoms with Crippen LogP contribution in [0.3, 0.4) is 0 Å². The van der Waals surface area contributed by atoms with Crippen molar-refractivity contribution in [2.75, 3.05) is 18.9 Å². The molecule has 0 aliphatic heterocycles. The first kappa shape index (κ1) is 13.8. The van der Waals surface area contributed by atoms with Crippen molar-refractivity contribution in [3.63, 3.8) is 0 Å². The van der Waals surface area contributed by atoms with Crippen LogP contribution in [0.5, 0.6) is 0 Å². The minimum absolute atomic E-state index is 0.206. The van der Waals surface area contributed by atoms with E-state index in [4.69, 9.17) is 0 Å². The van der Waals surface area contributed by atoms with Gasteiger partial charge in [0.05, 0.1) is 11.3 Å². The zero-order chi connectivity index (χ0) is 13.8. The van der Waals surface area contributed by atoms with Gasteiger partial charge in [-0.05, 0) is 30.4 Å². The van der Waals surface area contributed by atoms with E-state index < -0.39 is 5.82 Å². The van der Waals surface area contributed by atoms with Gasteiger partial charge in [-0.1, -0.05) is 25.8 Å². The van der Waals surface area contributed by atoms with Gasteiger partial charge in [0, 0.05) is 13.6 Å². The molecule has 2 atom stereocenters. The van der Waals surface area contributed by atoms with Crippen molar-refractivity contribution in [3.8, 4) is 0 Å². The van der Waals surface area contributed by atoms with Crippen molar-refractivity contribution in [1.82, 2.24) is 5.32 Å². The number of halogens is 1. The highest BCUT2D eigenvalue weighted by molar-refractivity contribution is 5.99. The lowest BCUT2D eigenvalue weighted by Crippen LogP contribution is -2.30. The van der Waals surface area contributed by atoms with E-state index in [2.05, 4.69) is 17.6 Å². The minimum atomic E-state index is -0.399. The molecule has 0 saturated heterocycles. The topological polar surface area (TPSA) is 41.1 Å². The van der Waals surface area contributed by atoms with Gasteiger partial charge in [0.15, 0.2) is 0 Å². The second-order valence-electron chi connectivity index (χ2n) is 5.29. The molecule has 104 valence electrons. The van der Waals surface area contributed by atoms with E-state index >= 15 is 0 Å². The van der Waals surface area contributed by atoms with Gasteiger partial charge < -0.3 is 10.6 Å². The third-order valence-electron chi connectivity index (χ3n) is 4.07. The molecule has 1 aliphatic carbocycles. The van der Waals surface area contributed by atoms with Crippen molar-refractivity contribution >= 4 is 11.6 Å². The lowest BCUT2D eigenvalue weighted by atomic mass is 9.98. The van der Waals surface area contributed by atoms with Crippen molar-refractivity contribution in [2.45, 2.75) is 26.2 Å². The lowest BCUT2D eigenvalue weighted by molar-refractivity contribution is 0.0945. The van der Waals surface area contributed by atoms with E-state index in [-0.39, 0.29) is 11.6 Å². The third-order valence-corrected chi connectivity index (χ3v) is 4.07. The number of amides is 1. The van der Waals surface area contributed by atoms with E-state index in [9.17, 15) is 9.18 Å². The Hall–Kier alpha value is -1.58. The number of nitrogens with one attached hydrogen (secondary N) is 2. The molecule has 1 aliphatic rings. The Morgan fingerprint density at radius 2 is 2.21 bits per heavy atom. The zero-order valence-electron chi connectivity index (χ0n) is 11.5. The van der Waals surface area contributed by atoms with Crippen LogP contribution in [0.4, 0.5) is 10.1 Å². The zero-order valence-corrected chi connectivity index (χ0v) is 11.5. The normalized spacial score (nSPS) is 22.3. The fourth-order valence-electron chi connectivity index (χ4n) is 2.81. The van der Waals surface area contributed by atoms with E-state index in [1.807, 2.05) is 0 Å². The Balaban J connectivity index is 2.02.